The highest BCUT2D eigenvalue weighted by atomic mass is 79.9. The Labute approximate surface area is 119 Å². The topological polar surface area (TPSA) is 26.3 Å². The van der Waals surface area contributed by atoms with E-state index in [1.807, 2.05) is 0 Å². The van der Waals surface area contributed by atoms with Crippen LogP contribution in [0.2, 0.25) is 0 Å². The maximum absolute atomic E-state index is 14.4. The zero-order chi connectivity index (χ0) is 13.3. The van der Waals surface area contributed by atoms with Gasteiger partial charge in [-0.2, -0.15) is 4.39 Å². The fourth-order valence-electron chi connectivity index (χ4n) is 1.14. The molecule has 0 saturated carbocycles. The Kier molecular flexibility index (Phi) is 4.54. The van der Waals surface area contributed by atoms with Crippen LogP contribution in [0.15, 0.2) is 28.7 Å². The number of halogens is 5. The van der Waals surface area contributed by atoms with Crippen molar-refractivity contribution in [1.29, 1.82) is 0 Å². The first kappa shape index (κ1) is 14.9. The van der Waals surface area contributed by atoms with Gasteiger partial charge in [0.1, 0.15) is 0 Å². The Morgan fingerprint density at radius 3 is 2.18 bits per heavy atom. The molecular formula is C10H7Br2ClF2O2. The number of carbonyl (C=O) groups excluding carboxylic acids is 1. The third-order valence-electron chi connectivity index (χ3n) is 1.86. The average Bonchev–Trinajstić information content (AvgIpc) is 2.15. The summed E-state index contributed by atoms with van der Waals surface area (Å²) in [5.41, 5.74) is -0.217. The number of hydrogen-bond donors (Lipinski definition) is 0. The molecule has 0 unspecified atom stereocenters. The van der Waals surface area contributed by atoms with Crippen LogP contribution >= 0.6 is 43.5 Å². The average molecular weight is 392 g/mol. The second-order valence-corrected chi connectivity index (χ2v) is 6.18. The number of ether oxygens (including phenoxy) is 1. The van der Waals surface area contributed by atoms with Crippen LogP contribution in [-0.4, -0.2) is 10.0 Å². The highest BCUT2D eigenvalue weighted by Crippen LogP contribution is 2.48. The molecule has 1 aromatic carbocycles. The SMILES string of the molecule is CC(=O)O[C@@](F)(c1ccc(Br)cc1)[C@@](F)(Cl)Br. The Morgan fingerprint density at radius 2 is 1.82 bits per heavy atom. The van der Waals surface area contributed by atoms with Crippen molar-refractivity contribution in [2.24, 2.45) is 0 Å². The summed E-state index contributed by atoms with van der Waals surface area (Å²) in [4.78, 5) is 10.8. The molecule has 0 N–H and O–H groups in total. The molecular weight excluding hydrogens is 385 g/mol. The van der Waals surface area contributed by atoms with E-state index in [0.717, 1.165) is 6.92 Å². The van der Waals surface area contributed by atoms with Crippen LogP contribution in [-0.2, 0) is 15.4 Å². The summed E-state index contributed by atoms with van der Waals surface area (Å²) in [5, 5.41) is 0. The summed E-state index contributed by atoms with van der Waals surface area (Å²) in [7, 11) is 0. The van der Waals surface area contributed by atoms with Crippen LogP contribution in [0.3, 0.4) is 0 Å². The maximum atomic E-state index is 14.4. The summed E-state index contributed by atoms with van der Waals surface area (Å²) in [5.74, 6) is -4.10. The standard InChI is InChI=1S/C10H7Br2ClF2O2/c1-6(16)17-9(14,10(12,13)15)7-2-4-8(11)5-3-7/h2-5H,1H3/t9-,10-/m0/s1. The minimum atomic E-state index is -3.11. The molecule has 1 aromatic rings. The maximum Gasteiger partial charge on any atom is 0.334 e. The number of esters is 1. The van der Waals surface area contributed by atoms with Gasteiger partial charge in [-0.25, -0.2) is 4.39 Å². The summed E-state index contributed by atoms with van der Waals surface area (Å²) in [6, 6.07) is 5.46. The van der Waals surface area contributed by atoms with Gasteiger partial charge in [-0.05, 0) is 28.1 Å². The lowest BCUT2D eigenvalue weighted by Crippen LogP contribution is -2.40. The van der Waals surface area contributed by atoms with Gasteiger partial charge in [0.05, 0.1) is 0 Å². The van der Waals surface area contributed by atoms with Crippen molar-refractivity contribution in [3.05, 3.63) is 34.3 Å². The monoisotopic (exact) mass is 390 g/mol. The zero-order valence-electron chi connectivity index (χ0n) is 8.52. The fraction of sp³-hybridized carbons (Fsp3) is 0.300. The highest BCUT2D eigenvalue weighted by molar-refractivity contribution is 9.10. The largest absolute Gasteiger partial charge is 0.419 e. The molecule has 0 radical (unpaired) electrons. The van der Waals surface area contributed by atoms with E-state index < -0.39 is 15.9 Å². The molecule has 17 heavy (non-hydrogen) atoms. The number of benzene rings is 1. The van der Waals surface area contributed by atoms with Crippen LogP contribution in [0.1, 0.15) is 12.5 Å². The first-order chi connectivity index (χ1) is 7.67. The first-order valence-electron chi connectivity index (χ1n) is 4.38. The van der Waals surface area contributed by atoms with Crippen molar-refractivity contribution < 1.29 is 18.3 Å². The predicted octanol–water partition coefficient (Wildman–Crippen LogP) is 4.39. The van der Waals surface area contributed by atoms with E-state index in [1.165, 1.54) is 24.3 Å². The molecule has 2 atom stereocenters. The molecule has 0 heterocycles. The van der Waals surface area contributed by atoms with Crippen LogP contribution in [0, 0.1) is 0 Å². The normalized spacial score (nSPS) is 18.0. The molecule has 0 aliphatic carbocycles. The molecule has 2 nitrogen and oxygen atoms in total. The van der Waals surface area contributed by atoms with Crippen molar-refractivity contribution in [3.63, 3.8) is 0 Å². The van der Waals surface area contributed by atoms with Gasteiger partial charge in [0.2, 0.25) is 0 Å². The van der Waals surface area contributed by atoms with Gasteiger partial charge >= 0.3 is 15.9 Å². The van der Waals surface area contributed by atoms with Crippen molar-refractivity contribution >= 4 is 49.4 Å². The smallest absolute Gasteiger partial charge is 0.334 e. The lowest BCUT2D eigenvalue weighted by Gasteiger charge is -2.30. The molecule has 0 saturated heterocycles. The van der Waals surface area contributed by atoms with Gasteiger partial charge < -0.3 is 4.74 Å². The van der Waals surface area contributed by atoms with Gasteiger partial charge in [0.25, 0.3) is 0 Å². The Balaban J connectivity index is 3.24. The van der Waals surface area contributed by atoms with E-state index in [1.54, 1.807) is 0 Å². The van der Waals surface area contributed by atoms with Gasteiger partial charge in [-0.3, -0.25) is 4.79 Å². The van der Waals surface area contributed by atoms with Crippen LogP contribution < -0.4 is 0 Å². The zero-order valence-corrected chi connectivity index (χ0v) is 12.4. The molecule has 0 spiro atoms. The third kappa shape index (κ3) is 3.39. The quantitative estimate of drug-likeness (QED) is 0.563. The lowest BCUT2D eigenvalue weighted by molar-refractivity contribution is -0.197. The van der Waals surface area contributed by atoms with E-state index in [9.17, 15) is 13.6 Å². The van der Waals surface area contributed by atoms with Gasteiger partial charge in [0.15, 0.2) is 0 Å². The Morgan fingerprint density at radius 1 is 1.35 bits per heavy atom. The highest BCUT2D eigenvalue weighted by Gasteiger charge is 2.55. The van der Waals surface area contributed by atoms with Gasteiger partial charge in [-0.1, -0.05) is 39.7 Å². The second-order valence-electron chi connectivity index (χ2n) is 3.19. The van der Waals surface area contributed by atoms with Crippen LogP contribution in [0.5, 0.6) is 0 Å². The summed E-state index contributed by atoms with van der Waals surface area (Å²) in [6.07, 6.45) is 0. The third-order valence-corrected chi connectivity index (χ3v) is 3.15. The molecule has 0 fully saturated rings. The minimum Gasteiger partial charge on any atom is -0.419 e. The summed E-state index contributed by atoms with van der Waals surface area (Å²) < 4.78 is 30.0. The predicted molar refractivity (Wildman–Crippen MR) is 67.3 cm³/mol. The van der Waals surface area contributed by atoms with E-state index in [-0.39, 0.29) is 5.56 Å². The molecule has 0 aliphatic rings. The number of carbonyl (C=O) groups is 1. The van der Waals surface area contributed by atoms with Crippen LogP contribution in [0.25, 0.3) is 0 Å². The summed E-state index contributed by atoms with van der Waals surface area (Å²) >= 11 is 10.7. The van der Waals surface area contributed by atoms with Crippen molar-refractivity contribution in [3.8, 4) is 0 Å². The minimum absolute atomic E-state index is 0.217. The summed E-state index contributed by atoms with van der Waals surface area (Å²) in [6.45, 7) is 0.961. The van der Waals surface area contributed by atoms with E-state index in [4.69, 9.17) is 11.6 Å². The van der Waals surface area contributed by atoms with Crippen molar-refractivity contribution in [2.45, 2.75) is 16.8 Å². The molecule has 0 bridgehead atoms. The van der Waals surface area contributed by atoms with Crippen LogP contribution in [0.4, 0.5) is 8.78 Å². The van der Waals surface area contributed by atoms with E-state index in [0.29, 0.717) is 4.47 Å². The molecule has 0 aromatic heterocycles. The molecule has 94 valence electrons. The second kappa shape index (κ2) is 5.20. The fourth-order valence-corrected chi connectivity index (χ4v) is 1.86. The molecule has 0 amide bonds. The Bertz CT molecular complexity index is 419. The van der Waals surface area contributed by atoms with E-state index in [2.05, 4.69) is 36.6 Å². The number of hydrogen-bond acceptors (Lipinski definition) is 2. The van der Waals surface area contributed by atoms with Crippen molar-refractivity contribution in [2.75, 3.05) is 0 Å². The molecule has 7 heteroatoms. The molecule has 0 aliphatic heterocycles. The number of rotatable bonds is 3. The first-order valence-corrected chi connectivity index (χ1v) is 6.34. The van der Waals surface area contributed by atoms with Gasteiger partial charge in [-0.15, -0.1) is 0 Å². The number of alkyl halides is 4. The Hall–Kier alpha value is -0.200. The van der Waals surface area contributed by atoms with Gasteiger partial charge in [0, 0.05) is 17.0 Å². The van der Waals surface area contributed by atoms with E-state index >= 15 is 0 Å². The molecule has 1 rings (SSSR count). The lowest BCUT2D eigenvalue weighted by atomic mass is 10.1. The van der Waals surface area contributed by atoms with Crippen molar-refractivity contribution in [1.82, 2.24) is 0 Å².